The number of aromatic nitrogens is 1. The molecule has 1 aromatic carbocycles. The van der Waals surface area contributed by atoms with E-state index in [0.29, 0.717) is 0 Å². The zero-order chi connectivity index (χ0) is 9.42. The highest BCUT2D eigenvalue weighted by molar-refractivity contribution is 6.31. The van der Waals surface area contributed by atoms with E-state index in [4.69, 9.17) is 11.6 Å². The van der Waals surface area contributed by atoms with E-state index in [-0.39, 0.29) is 0 Å². The van der Waals surface area contributed by atoms with E-state index in [9.17, 15) is 0 Å². The van der Waals surface area contributed by atoms with Crippen LogP contribution < -0.4 is 0 Å². The summed E-state index contributed by atoms with van der Waals surface area (Å²) in [6, 6.07) is 8.21. The first kappa shape index (κ1) is 8.64. The van der Waals surface area contributed by atoms with Crippen LogP contribution in [0.2, 0.25) is 5.02 Å². The Morgan fingerprint density at radius 3 is 2.77 bits per heavy atom. The van der Waals surface area contributed by atoms with Crippen LogP contribution >= 0.6 is 11.6 Å². The molecule has 0 saturated heterocycles. The maximum Gasteiger partial charge on any atom is 0.0480 e. The Morgan fingerprint density at radius 2 is 2.08 bits per heavy atom. The minimum absolute atomic E-state index is 0.806. The third-order valence-electron chi connectivity index (χ3n) is 2.47. The summed E-state index contributed by atoms with van der Waals surface area (Å²) in [6.07, 6.45) is 1.06. The predicted molar refractivity (Wildman–Crippen MR) is 57.3 cm³/mol. The van der Waals surface area contributed by atoms with Crippen LogP contribution in [0.5, 0.6) is 0 Å². The Labute approximate surface area is 82.9 Å². The first-order chi connectivity index (χ1) is 6.22. The number of aryl methyl sites for hydroxylation is 2. The smallest absolute Gasteiger partial charge is 0.0480 e. The van der Waals surface area contributed by atoms with Crippen LogP contribution in [0.3, 0.4) is 0 Å². The van der Waals surface area contributed by atoms with E-state index in [1.807, 2.05) is 12.1 Å². The summed E-state index contributed by atoms with van der Waals surface area (Å²) in [4.78, 5) is 0. The zero-order valence-electron chi connectivity index (χ0n) is 7.84. The van der Waals surface area contributed by atoms with Gasteiger partial charge in [-0.05, 0) is 30.7 Å². The van der Waals surface area contributed by atoms with Gasteiger partial charge in [0.2, 0.25) is 0 Å². The van der Waals surface area contributed by atoms with Crippen molar-refractivity contribution in [3.05, 3.63) is 35.0 Å². The molecule has 0 aliphatic heterocycles. The summed E-state index contributed by atoms with van der Waals surface area (Å²) >= 11 is 5.91. The molecular formula is C11H12ClN. The van der Waals surface area contributed by atoms with Crippen molar-refractivity contribution >= 4 is 22.5 Å². The van der Waals surface area contributed by atoms with E-state index in [2.05, 4.69) is 30.7 Å². The van der Waals surface area contributed by atoms with Crippen molar-refractivity contribution in [2.24, 2.45) is 7.05 Å². The highest BCUT2D eigenvalue weighted by Crippen LogP contribution is 2.22. The van der Waals surface area contributed by atoms with Crippen molar-refractivity contribution in [3.8, 4) is 0 Å². The van der Waals surface area contributed by atoms with Gasteiger partial charge in [0.05, 0.1) is 0 Å². The predicted octanol–water partition coefficient (Wildman–Crippen LogP) is 3.39. The molecule has 0 aliphatic carbocycles. The lowest BCUT2D eigenvalue weighted by Crippen LogP contribution is -1.92. The molecule has 13 heavy (non-hydrogen) atoms. The van der Waals surface area contributed by atoms with E-state index in [0.717, 1.165) is 11.4 Å². The van der Waals surface area contributed by atoms with Crippen LogP contribution in [0.4, 0.5) is 0 Å². The Kier molecular flexibility index (Phi) is 2.04. The zero-order valence-corrected chi connectivity index (χ0v) is 8.60. The molecule has 0 amide bonds. The number of halogens is 1. The number of nitrogens with zero attached hydrogens (tertiary/aromatic N) is 1. The van der Waals surface area contributed by atoms with Crippen molar-refractivity contribution in [2.75, 3.05) is 0 Å². The molecular weight excluding hydrogens is 182 g/mol. The molecule has 0 N–H and O–H groups in total. The second kappa shape index (κ2) is 3.08. The fraction of sp³-hybridized carbons (Fsp3) is 0.273. The van der Waals surface area contributed by atoms with Crippen LogP contribution in [0.1, 0.15) is 12.6 Å². The third-order valence-corrected chi connectivity index (χ3v) is 2.70. The van der Waals surface area contributed by atoms with Gasteiger partial charge >= 0.3 is 0 Å². The standard InChI is InChI=1S/C11H12ClN/c1-3-10-7-8-6-9(12)4-5-11(8)13(10)2/h4-7H,3H2,1-2H3. The van der Waals surface area contributed by atoms with Gasteiger partial charge in [-0.3, -0.25) is 0 Å². The van der Waals surface area contributed by atoms with Gasteiger partial charge in [0.15, 0.2) is 0 Å². The van der Waals surface area contributed by atoms with Crippen molar-refractivity contribution in [1.82, 2.24) is 4.57 Å². The monoisotopic (exact) mass is 193 g/mol. The summed E-state index contributed by atoms with van der Waals surface area (Å²) in [5.74, 6) is 0. The molecule has 0 saturated carbocycles. The van der Waals surface area contributed by atoms with Crippen LogP contribution in [-0.4, -0.2) is 4.57 Å². The average molecular weight is 194 g/mol. The van der Waals surface area contributed by atoms with Gasteiger partial charge < -0.3 is 4.57 Å². The maximum atomic E-state index is 5.91. The fourth-order valence-corrected chi connectivity index (χ4v) is 1.90. The maximum absolute atomic E-state index is 5.91. The van der Waals surface area contributed by atoms with Crippen LogP contribution in [0.25, 0.3) is 10.9 Å². The molecule has 68 valence electrons. The summed E-state index contributed by atoms with van der Waals surface area (Å²) in [5, 5.41) is 2.03. The Bertz CT molecular complexity index is 443. The minimum Gasteiger partial charge on any atom is -0.348 e. The number of rotatable bonds is 1. The molecule has 0 atom stereocenters. The second-order valence-corrected chi connectivity index (χ2v) is 3.69. The highest BCUT2D eigenvalue weighted by atomic mass is 35.5. The minimum atomic E-state index is 0.806. The quantitative estimate of drug-likeness (QED) is 0.654. The summed E-state index contributed by atoms with van der Waals surface area (Å²) in [7, 11) is 2.09. The molecule has 0 fully saturated rings. The number of fused-ring (bicyclic) bond motifs is 1. The first-order valence-electron chi connectivity index (χ1n) is 4.46. The van der Waals surface area contributed by atoms with Gasteiger partial charge in [0.1, 0.15) is 0 Å². The van der Waals surface area contributed by atoms with Crippen molar-refractivity contribution in [2.45, 2.75) is 13.3 Å². The molecule has 2 rings (SSSR count). The molecule has 2 aromatic rings. The Morgan fingerprint density at radius 1 is 1.31 bits per heavy atom. The van der Waals surface area contributed by atoms with Crippen molar-refractivity contribution in [1.29, 1.82) is 0 Å². The largest absolute Gasteiger partial charge is 0.348 e. The van der Waals surface area contributed by atoms with Gasteiger partial charge in [-0.25, -0.2) is 0 Å². The van der Waals surface area contributed by atoms with E-state index in [1.54, 1.807) is 0 Å². The molecule has 0 unspecified atom stereocenters. The molecule has 0 radical (unpaired) electrons. The Hall–Kier alpha value is -0.950. The number of benzene rings is 1. The van der Waals surface area contributed by atoms with Gasteiger partial charge in [-0.15, -0.1) is 0 Å². The van der Waals surface area contributed by atoms with Crippen LogP contribution in [0, 0.1) is 0 Å². The summed E-state index contributed by atoms with van der Waals surface area (Å²) in [5.41, 5.74) is 2.60. The van der Waals surface area contributed by atoms with Gasteiger partial charge in [-0.2, -0.15) is 0 Å². The Balaban J connectivity index is 2.76. The van der Waals surface area contributed by atoms with E-state index < -0.39 is 0 Å². The summed E-state index contributed by atoms with van der Waals surface area (Å²) in [6.45, 7) is 2.16. The average Bonchev–Trinajstić information content (AvgIpc) is 2.42. The van der Waals surface area contributed by atoms with Crippen molar-refractivity contribution in [3.63, 3.8) is 0 Å². The van der Waals surface area contributed by atoms with Gasteiger partial charge in [0, 0.05) is 28.7 Å². The lowest BCUT2D eigenvalue weighted by atomic mass is 10.2. The molecule has 1 nitrogen and oxygen atoms in total. The molecule has 0 spiro atoms. The van der Waals surface area contributed by atoms with E-state index in [1.165, 1.54) is 16.6 Å². The topological polar surface area (TPSA) is 4.93 Å². The molecule has 2 heteroatoms. The molecule has 0 aliphatic rings. The SMILES string of the molecule is CCc1cc2cc(Cl)ccc2n1C. The van der Waals surface area contributed by atoms with Crippen LogP contribution in [0.15, 0.2) is 24.3 Å². The fourth-order valence-electron chi connectivity index (χ4n) is 1.72. The van der Waals surface area contributed by atoms with Gasteiger partial charge in [0.25, 0.3) is 0 Å². The highest BCUT2D eigenvalue weighted by Gasteiger charge is 2.03. The van der Waals surface area contributed by atoms with Gasteiger partial charge in [-0.1, -0.05) is 18.5 Å². The first-order valence-corrected chi connectivity index (χ1v) is 4.84. The lowest BCUT2D eigenvalue weighted by molar-refractivity contribution is 0.866. The lowest BCUT2D eigenvalue weighted by Gasteiger charge is -1.99. The summed E-state index contributed by atoms with van der Waals surface area (Å²) < 4.78 is 2.21. The third kappa shape index (κ3) is 1.33. The second-order valence-electron chi connectivity index (χ2n) is 3.25. The normalized spacial score (nSPS) is 11.0. The molecule has 1 aromatic heterocycles. The number of hydrogen-bond acceptors (Lipinski definition) is 0. The number of hydrogen-bond donors (Lipinski definition) is 0. The molecule has 0 bridgehead atoms. The van der Waals surface area contributed by atoms with Crippen LogP contribution in [-0.2, 0) is 13.5 Å². The van der Waals surface area contributed by atoms with Crippen molar-refractivity contribution < 1.29 is 0 Å². The van der Waals surface area contributed by atoms with E-state index >= 15 is 0 Å². The molecule has 1 heterocycles.